The Hall–Kier alpha value is -1.59. The molecule has 1 aromatic rings. The lowest BCUT2D eigenvalue weighted by Gasteiger charge is -2.32. The first-order valence-corrected chi connectivity index (χ1v) is 6.02. The molecule has 98 valence electrons. The summed E-state index contributed by atoms with van der Waals surface area (Å²) in [5.41, 5.74) is 2.24. The third-order valence-electron chi connectivity index (χ3n) is 3.18. The highest BCUT2D eigenvalue weighted by Crippen LogP contribution is 2.28. The van der Waals surface area contributed by atoms with Crippen molar-refractivity contribution in [2.24, 2.45) is 0 Å². The van der Waals surface area contributed by atoms with Gasteiger partial charge in [0.2, 0.25) is 0 Å². The molecule has 0 radical (unpaired) electrons. The number of fused-ring (bicyclic) bond motifs is 1. The summed E-state index contributed by atoms with van der Waals surface area (Å²) in [6, 6.07) is 5.04. The summed E-state index contributed by atoms with van der Waals surface area (Å²) >= 11 is 0. The Morgan fingerprint density at radius 1 is 1.44 bits per heavy atom. The lowest BCUT2D eigenvalue weighted by atomic mass is 9.99. The molecule has 3 N–H and O–H groups in total. The average molecular weight is 251 g/mol. The van der Waals surface area contributed by atoms with Gasteiger partial charge in [-0.25, -0.2) is 4.79 Å². The number of aliphatic hydroxyl groups excluding tert-OH is 2. The molecular weight excluding hydrogens is 234 g/mol. The van der Waals surface area contributed by atoms with Gasteiger partial charge in [-0.2, -0.15) is 0 Å². The first-order valence-electron chi connectivity index (χ1n) is 6.02. The van der Waals surface area contributed by atoms with E-state index >= 15 is 0 Å². The molecule has 0 fully saturated rings. The highest BCUT2D eigenvalue weighted by Gasteiger charge is 2.20. The van der Waals surface area contributed by atoms with E-state index in [-0.39, 0.29) is 6.61 Å². The maximum absolute atomic E-state index is 10.9. The Morgan fingerprint density at radius 2 is 2.22 bits per heavy atom. The molecule has 1 heterocycles. The van der Waals surface area contributed by atoms with E-state index in [2.05, 4.69) is 0 Å². The molecule has 0 spiro atoms. The van der Waals surface area contributed by atoms with E-state index in [0.717, 1.165) is 30.6 Å². The molecule has 18 heavy (non-hydrogen) atoms. The number of anilines is 1. The van der Waals surface area contributed by atoms with Crippen molar-refractivity contribution in [2.75, 3.05) is 24.6 Å². The quantitative estimate of drug-likeness (QED) is 0.725. The molecule has 1 aliphatic heterocycles. The Balaban J connectivity index is 2.24. The third-order valence-corrected chi connectivity index (χ3v) is 3.18. The number of β-amino-alcohol motifs (C(OH)–C–C–N with tert-alkyl or cyclic N) is 1. The lowest BCUT2D eigenvalue weighted by Crippen LogP contribution is -2.37. The minimum atomic E-state index is -0.926. The van der Waals surface area contributed by atoms with Crippen LogP contribution in [0.3, 0.4) is 0 Å². The van der Waals surface area contributed by atoms with Crippen LogP contribution in [0.5, 0.6) is 0 Å². The number of rotatable bonds is 4. The molecule has 1 atom stereocenters. The molecule has 1 aliphatic rings. The van der Waals surface area contributed by atoms with Gasteiger partial charge in [-0.05, 0) is 36.6 Å². The number of carbonyl (C=O) groups is 1. The molecule has 0 saturated carbocycles. The van der Waals surface area contributed by atoms with Gasteiger partial charge < -0.3 is 20.2 Å². The predicted octanol–water partition coefficient (Wildman–Crippen LogP) is 0.491. The fourth-order valence-corrected chi connectivity index (χ4v) is 2.31. The van der Waals surface area contributed by atoms with E-state index in [1.807, 2.05) is 4.90 Å². The van der Waals surface area contributed by atoms with E-state index in [1.54, 1.807) is 18.2 Å². The van der Waals surface area contributed by atoms with E-state index in [1.165, 1.54) is 0 Å². The first-order chi connectivity index (χ1) is 8.61. The van der Waals surface area contributed by atoms with Gasteiger partial charge in [0.25, 0.3) is 0 Å². The standard InChI is InChI=1S/C13H17NO4/c15-8-11(16)7-14-5-1-2-9-6-10(13(17)18)3-4-12(9)14/h3-4,6,11,15-16H,1-2,5,7-8H2,(H,17,18). The van der Waals surface area contributed by atoms with Crippen LogP contribution in [-0.2, 0) is 6.42 Å². The highest BCUT2D eigenvalue weighted by atomic mass is 16.4. The van der Waals surface area contributed by atoms with Crippen molar-refractivity contribution in [3.05, 3.63) is 29.3 Å². The lowest BCUT2D eigenvalue weighted by molar-refractivity contribution is 0.0696. The second-order valence-corrected chi connectivity index (χ2v) is 4.53. The minimum Gasteiger partial charge on any atom is -0.478 e. The van der Waals surface area contributed by atoms with Gasteiger partial charge in [0.15, 0.2) is 0 Å². The summed E-state index contributed by atoms with van der Waals surface area (Å²) in [6.45, 7) is 0.922. The van der Waals surface area contributed by atoms with Crippen molar-refractivity contribution in [1.82, 2.24) is 0 Å². The van der Waals surface area contributed by atoms with E-state index < -0.39 is 12.1 Å². The molecule has 1 aromatic carbocycles. The Bertz CT molecular complexity index is 447. The number of aromatic carboxylic acids is 1. The number of aliphatic hydroxyl groups is 2. The van der Waals surface area contributed by atoms with Crippen LogP contribution < -0.4 is 4.90 Å². The maximum atomic E-state index is 10.9. The molecule has 0 aliphatic carbocycles. The summed E-state index contributed by atoms with van der Waals surface area (Å²) in [4.78, 5) is 12.9. The molecule has 0 aromatic heterocycles. The third kappa shape index (κ3) is 2.63. The van der Waals surface area contributed by atoms with Gasteiger partial charge in [0.05, 0.1) is 18.3 Å². The fraction of sp³-hybridized carbons (Fsp3) is 0.462. The van der Waals surface area contributed by atoms with Crippen LogP contribution in [0.4, 0.5) is 5.69 Å². The largest absolute Gasteiger partial charge is 0.478 e. The number of hydrogen-bond acceptors (Lipinski definition) is 4. The Kier molecular flexibility index (Phi) is 3.84. The number of carboxylic acid groups (broad SMARTS) is 1. The maximum Gasteiger partial charge on any atom is 0.335 e. The minimum absolute atomic E-state index is 0.265. The summed E-state index contributed by atoms with van der Waals surface area (Å²) < 4.78 is 0. The summed E-state index contributed by atoms with van der Waals surface area (Å²) in [5, 5.41) is 27.3. The van der Waals surface area contributed by atoms with Crippen LogP contribution in [0.25, 0.3) is 0 Å². The smallest absolute Gasteiger partial charge is 0.335 e. The van der Waals surface area contributed by atoms with Gasteiger partial charge in [0, 0.05) is 18.8 Å². The Morgan fingerprint density at radius 3 is 2.89 bits per heavy atom. The van der Waals surface area contributed by atoms with E-state index in [0.29, 0.717) is 12.1 Å². The summed E-state index contributed by atoms with van der Waals surface area (Å²) in [7, 11) is 0. The number of carboxylic acids is 1. The van der Waals surface area contributed by atoms with E-state index in [4.69, 9.17) is 10.2 Å². The molecule has 2 rings (SSSR count). The molecular formula is C13H17NO4. The molecule has 0 saturated heterocycles. The Labute approximate surface area is 105 Å². The van der Waals surface area contributed by atoms with Crippen LogP contribution in [0.1, 0.15) is 22.3 Å². The van der Waals surface area contributed by atoms with E-state index in [9.17, 15) is 9.90 Å². The normalized spacial score (nSPS) is 16.2. The van der Waals surface area contributed by atoms with Crippen molar-refractivity contribution < 1.29 is 20.1 Å². The van der Waals surface area contributed by atoms with Gasteiger partial charge in [0.1, 0.15) is 0 Å². The zero-order chi connectivity index (χ0) is 13.1. The van der Waals surface area contributed by atoms with Gasteiger partial charge in [-0.1, -0.05) is 0 Å². The number of nitrogens with zero attached hydrogens (tertiary/aromatic N) is 1. The fourth-order valence-electron chi connectivity index (χ4n) is 2.31. The molecule has 1 unspecified atom stereocenters. The van der Waals surface area contributed by atoms with Crippen LogP contribution in [-0.4, -0.2) is 47.1 Å². The number of benzene rings is 1. The number of aryl methyl sites for hydroxylation is 1. The van der Waals surface area contributed by atoms with Gasteiger partial charge in [-0.15, -0.1) is 0 Å². The van der Waals surface area contributed by atoms with Crippen molar-refractivity contribution in [1.29, 1.82) is 0 Å². The topological polar surface area (TPSA) is 81.0 Å². The second-order valence-electron chi connectivity index (χ2n) is 4.53. The van der Waals surface area contributed by atoms with Crippen molar-refractivity contribution >= 4 is 11.7 Å². The van der Waals surface area contributed by atoms with Crippen LogP contribution >= 0.6 is 0 Å². The molecule has 0 amide bonds. The van der Waals surface area contributed by atoms with Crippen molar-refractivity contribution in [2.45, 2.75) is 18.9 Å². The highest BCUT2D eigenvalue weighted by molar-refractivity contribution is 5.88. The zero-order valence-corrected chi connectivity index (χ0v) is 10.0. The predicted molar refractivity (Wildman–Crippen MR) is 67.0 cm³/mol. The molecule has 5 nitrogen and oxygen atoms in total. The van der Waals surface area contributed by atoms with Gasteiger partial charge >= 0.3 is 5.97 Å². The van der Waals surface area contributed by atoms with Crippen LogP contribution in [0.15, 0.2) is 18.2 Å². The monoisotopic (exact) mass is 251 g/mol. The summed E-state index contributed by atoms with van der Waals surface area (Å²) in [6.07, 6.45) is 1.01. The van der Waals surface area contributed by atoms with Crippen LogP contribution in [0.2, 0.25) is 0 Å². The van der Waals surface area contributed by atoms with Crippen molar-refractivity contribution in [3.8, 4) is 0 Å². The SMILES string of the molecule is O=C(O)c1ccc2c(c1)CCCN2CC(O)CO. The first kappa shape index (κ1) is 12.9. The zero-order valence-electron chi connectivity index (χ0n) is 10.0. The number of hydrogen-bond donors (Lipinski definition) is 3. The van der Waals surface area contributed by atoms with Crippen molar-refractivity contribution in [3.63, 3.8) is 0 Å². The van der Waals surface area contributed by atoms with Crippen LogP contribution in [0, 0.1) is 0 Å². The summed E-state index contributed by atoms with van der Waals surface area (Å²) in [5.74, 6) is -0.926. The second kappa shape index (κ2) is 5.37. The van der Waals surface area contributed by atoms with Gasteiger partial charge in [-0.3, -0.25) is 0 Å². The average Bonchev–Trinajstić information content (AvgIpc) is 2.38. The molecule has 5 heteroatoms. The molecule has 0 bridgehead atoms.